The van der Waals surface area contributed by atoms with E-state index in [2.05, 4.69) is 52.3 Å². The molecule has 1 fully saturated rings. The predicted octanol–water partition coefficient (Wildman–Crippen LogP) is 5.53. The van der Waals surface area contributed by atoms with E-state index >= 15 is 0 Å². The van der Waals surface area contributed by atoms with Gasteiger partial charge in [-0.2, -0.15) is 0 Å². The number of amides is 1. The van der Waals surface area contributed by atoms with Gasteiger partial charge in [-0.1, -0.05) is 36.4 Å². The highest BCUT2D eigenvalue weighted by Gasteiger charge is 2.20. The fourth-order valence-electron chi connectivity index (χ4n) is 5.10. The van der Waals surface area contributed by atoms with E-state index in [-0.39, 0.29) is 24.8 Å². The zero-order valence-electron chi connectivity index (χ0n) is 21.7. The lowest BCUT2D eigenvalue weighted by molar-refractivity contribution is 0.100. The van der Waals surface area contributed by atoms with Crippen LogP contribution in [0.25, 0.3) is 22.0 Å². The van der Waals surface area contributed by atoms with Crippen molar-refractivity contribution in [2.75, 3.05) is 44.7 Å². The van der Waals surface area contributed by atoms with Gasteiger partial charge in [0.2, 0.25) is 5.91 Å². The van der Waals surface area contributed by atoms with Crippen LogP contribution in [0.4, 0.5) is 5.69 Å². The molecule has 0 saturated carbocycles. The van der Waals surface area contributed by atoms with E-state index < -0.39 is 5.91 Å². The summed E-state index contributed by atoms with van der Waals surface area (Å²) in [5.41, 5.74) is 12.4. The Morgan fingerprint density at radius 2 is 1.68 bits per heavy atom. The van der Waals surface area contributed by atoms with Gasteiger partial charge in [0.15, 0.2) is 0 Å². The van der Waals surface area contributed by atoms with Crippen molar-refractivity contribution in [2.24, 2.45) is 5.73 Å². The SMILES string of the molecule is COc1c(CCN2CCN(c3cccc4nc(C)ccc34)CC2)cccc1-c1cccc(C(N)=O)c1.Cl.Cl. The molecule has 3 aromatic carbocycles. The van der Waals surface area contributed by atoms with Crippen molar-refractivity contribution in [3.63, 3.8) is 0 Å². The Labute approximate surface area is 236 Å². The maximum atomic E-state index is 11.7. The molecule has 1 saturated heterocycles. The van der Waals surface area contributed by atoms with Gasteiger partial charge in [-0.25, -0.2) is 0 Å². The minimum absolute atomic E-state index is 0. The van der Waals surface area contributed by atoms with Crippen molar-refractivity contribution in [1.82, 2.24) is 9.88 Å². The van der Waals surface area contributed by atoms with Gasteiger partial charge in [-0.3, -0.25) is 14.7 Å². The van der Waals surface area contributed by atoms with Gasteiger partial charge >= 0.3 is 0 Å². The van der Waals surface area contributed by atoms with E-state index in [1.165, 1.54) is 11.1 Å². The van der Waals surface area contributed by atoms with Gasteiger partial charge in [0.05, 0.1) is 12.6 Å². The van der Waals surface area contributed by atoms with Crippen LogP contribution in [0.5, 0.6) is 5.75 Å². The molecule has 4 aromatic rings. The number of fused-ring (bicyclic) bond motifs is 1. The highest BCUT2D eigenvalue weighted by Crippen LogP contribution is 2.34. The summed E-state index contributed by atoms with van der Waals surface area (Å²) >= 11 is 0. The fourth-order valence-corrected chi connectivity index (χ4v) is 5.10. The molecule has 0 unspecified atom stereocenters. The van der Waals surface area contributed by atoms with Gasteiger partial charge in [0, 0.05) is 60.6 Å². The van der Waals surface area contributed by atoms with Crippen molar-refractivity contribution < 1.29 is 9.53 Å². The number of pyridine rings is 1. The van der Waals surface area contributed by atoms with Crippen LogP contribution in [0, 0.1) is 6.92 Å². The van der Waals surface area contributed by atoms with E-state index in [4.69, 9.17) is 15.5 Å². The number of rotatable bonds is 7. The second-order valence-electron chi connectivity index (χ2n) is 9.32. The van der Waals surface area contributed by atoms with Gasteiger partial charge in [0.1, 0.15) is 5.75 Å². The number of primary amides is 1. The quantitative estimate of drug-likeness (QED) is 0.326. The number of nitrogens with two attached hydrogens (primary N) is 1. The summed E-state index contributed by atoms with van der Waals surface area (Å²) in [6.07, 6.45) is 0.893. The molecule has 1 aromatic heterocycles. The molecule has 2 N–H and O–H groups in total. The molecule has 0 radical (unpaired) electrons. The van der Waals surface area contributed by atoms with Crippen LogP contribution >= 0.6 is 24.8 Å². The molecule has 200 valence electrons. The average Bonchev–Trinajstić information content (AvgIpc) is 2.91. The average molecular weight is 554 g/mol. The van der Waals surface area contributed by atoms with Crippen LogP contribution in [0.15, 0.2) is 72.8 Å². The number of nitrogens with zero attached hydrogens (tertiary/aromatic N) is 3. The fraction of sp³-hybridized carbons (Fsp3) is 0.267. The van der Waals surface area contributed by atoms with E-state index in [1.807, 2.05) is 31.2 Å². The molecule has 0 atom stereocenters. The number of ether oxygens (including phenoxy) is 1. The topological polar surface area (TPSA) is 71.7 Å². The van der Waals surface area contributed by atoms with Crippen LogP contribution in [-0.2, 0) is 6.42 Å². The molecule has 1 aliphatic rings. The van der Waals surface area contributed by atoms with E-state index in [9.17, 15) is 4.79 Å². The zero-order valence-corrected chi connectivity index (χ0v) is 23.4. The molecule has 0 bridgehead atoms. The summed E-state index contributed by atoms with van der Waals surface area (Å²) in [7, 11) is 1.71. The van der Waals surface area contributed by atoms with E-state index in [1.54, 1.807) is 13.2 Å². The van der Waals surface area contributed by atoms with Gasteiger partial charge in [-0.05, 0) is 60.9 Å². The first-order valence-electron chi connectivity index (χ1n) is 12.4. The molecule has 0 spiro atoms. The number of hydrogen-bond donors (Lipinski definition) is 1. The summed E-state index contributed by atoms with van der Waals surface area (Å²) in [5, 5.41) is 1.22. The molecular formula is C30H34Cl2N4O2. The molecule has 38 heavy (non-hydrogen) atoms. The molecule has 2 heterocycles. The smallest absolute Gasteiger partial charge is 0.248 e. The standard InChI is InChI=1S/C30H32N4O2.2ClH/c1-21-12-13-26-27(32-21)10-5-11-28(26)34-18-16-33(17-19-34)15-14-22-6-4-9-25(29(22)36-2)23-7-3-8-24(20-23)30(31)35;;/h3-13,20H,14-19H2,1-2H3,(H2,31,35);2*1H. The minimum atomic E-state index is -0.430. The summed E-state index contributed by atoms with van der Waals surface area (Å²) in [6.45, 7) is 7.00. The number of anilines is 1. The number of piperazine rings is 1. The summed E-state index contributed by atoms with van der Waals surface area (Å²) in [4.78, 5) is 21.3. The number of hydrogen-bond acceptors (Lipinski definition) is 5. The lowest BCUT2D eigenvalue weighted by Gasteiger charge is -2.36. The Bertz CT molecular complexity index is 1400. The summed E-state index contributed by atoms with van der Waals surface area (Å²) in [5.74, 6) is 0.428. The number of halogens is 2. The van der Waals surface area contributed by atoms with Crippen molar-refractivity contribution >= 4 is 47.3 Å². The number of carbonyl (C=O) groups is 1. The van der Waals surface area contributed by atoms with Crippen molar-refractivity contribution in [1.29, 1.82) is 0 Å². The number of benzene rings is 3. The third kappa shape index (κ3) is 6.21. The number of para-hydroxylation sites is 1. The monoisotopic (exact) mass is 552 g/mol. The first-order chi connectivity index (χ1) is 17.5. The molecule has 6 nitrogen and oxygen atoms in total. The largest absolute Gasteiger partial charge is 0.496 e. The first kappa shape index (κ1) is 29.2. The molecule has 5 rings (SSSR count). The highest BCUT2D eigenvalue weighted by atomic mass is 35.5. The van der Waals surface area contributed by atoms with E-state index in [0.29, 0.717) is 5.56 Å². The first-order valence-corrected chi connectivity index (χ1v) is 12.4. The number of methoxy groups -OCH3 is 1. The zero-order chi connectivity index (χ0) is 25.1. The van der Waals surface area contributed by atoms with Crippen LogP contribution in [-0.4, -0.2) is 55.6 Å². The van der Waals surface area contributed by atoms with Gasteiger partial charge < -0.3 is 15.4 Å². The Kier molecular flexibility index (Phi) is 9.97. The highest BCUT2D eigenvalue weighted by molar-refractivity contribution is 5.94. The van der Waals surface area contributed by atoms with Gasteiger partial charge in [0.25, 0.3) is 0 Å². The van der Waals surface area contributed by atoms with Crippen molar-refractivity contribution in [3.8, 4) is 16.9 Å². The predicted molar refractivity (Wildman–Crippen MR) is 160 cm³/mol. The van der Waals surface area contributed by atoms with Crippen LogP contribution < -0.4 is 15.4 Å². The second kappa shape index (κ2) is 13.0. The third-order valence-electron chi connectivity index (χ3n) is 7.02. The minimum Gasteiger partial charge on any atom is -0.496 e. The molecule has 1 aliphatic heterocycles. The maximum Gasteiger partial charge on any atom is 0.248 e. The Morgan fingerprint density at radius 1 is 0.947 bits per heavy atom. The molecule has 0 aliphatic carbocycles. The van der Waals surface area contributed by atoms with E-state index in [0.717, 1.165) is 72.8 Å². The van der Waals surface area contributed by atoms with Crippen molar-refractivity contribution in [2.45, 2.75) is 13.3 Å². The normalized spacial score (nSPS) is 13.5. The van der Waals surface area contributed by atoms with Crippen LogP contribution in [0.2, 0.25) is 0 Å². The Balaban J connectivity index is 0.00000200. The third-order valence-corrected chi connectivity index (χ3v) is 7.02. The summed E-state index contributed by atoms with van der Waals surface area (Å²) in [6, 6.07) is 24.3. The molecule has 1 amide bonds. The maximum absolute atomic E-state index is 11.7. The molecular weight excluding hydrogens is 519 g/mol. The van der Waals surface area contributed by atoms with Crippen molar-refractivity contribution in [3.05, 3.63) is 89.6 Å². The lowest BCUT2D eigenvalue weighted by Crippen LogP contribution is -2.47. The number of aryl methyl sites for hydroxylation is 1. The Hall–Kier alpha value is -3.32. The van der Waals surface area contributed by atoms with Crippen LogP contribution in [0.3, 0.4) is 0 Å². The summed E-state index contributed by atoms with van der Waals surface area (Å²) < 4.78 is 5.85. The number of carbonyl (C=O) groups excluding carboxylic acids is 1. The second-order valence-corrected chi connectivity index (χ2v) is 9.32. The molecule has 8 heteroatoms. The van der Waals surface area contributed by atoms with Gasteiger partial charge in [-0.15, -0.1) is 24.8 Å². The lowest BCUT2D eigenvalue weighted by atomic mass is 9.98. The number of aromatic nitrogens is 1. The van der Waals surface area contributed by atoms with Crippen LogP contribution in [0.1, 0.15) is 21.6 Å². The Morgan fingerprint density at radius 3 is 2.42 bits per heavy atom.